The van der Waals surface area contributed by atoms with Gasteiger partial charge >= 0.3 is 0 Å². The van der Waals surface area contributed by atoms with Gasteiger partial charge in [-0.2, -0.15) is 0 Å². The van der Waals surface area contributed by atoms with E-state index in [0.29, 0.717) is 19.5 Å². The van der Waals surface area contributed by atoms with Gasteiger partial charge in [-0.3, -0.25) is 4.79 Å². The molecule has 0 aromatic rings. The van der Waals surface area contributed by atoms with Crippen LogP contribution in [0.15, 0.2) is 0 Å². The molecule has 1 amide bonds. The van der Waals surface area contributed by atoms with E-state index in [1.807, 2.05) is 0 Å². The molecule has 0 unspecified atom stereocenters. The standard InChI is InChI=1S/C16H33NO3/c1-2-3-4-5-6-7-8-9-10-11-16(20)17(12-14-18)13-15-19/h18-19H,2-15H2,1H3/i18D,19D. The smallest absolute Gasteiger partial charge is 0.222 e. The highest BCUT2D eigenvalue weighted by Gasteiger charge is 2.11. The molecular formula is C16H33NO3. The summed E-state index contributed by atoms with van der Waals surface area (Å²) in [5.74, 6) is 0.0667. The molecule has 0 bridgehead atoms. The maximum Gasteiger partial charge on any atom is 0.222 e. The largest absolute Gasteiger partial charge is 0.395 e. The van der Waals surface area contributed by atoms with Gasteiger partial charge in [-0.25, -0.2) is 0 Å². The molecule has 120 valence electrons. The lowest BCUT2D eigenvalue weighted by Crippen LogP contribution is -2.35. The molecule has 0 aliphatic rings. The van der Waals surface area contributed by atoms with Gasteiger partial charge in [-0.15, -0.1) is 0 Å². The Morgan fingerprint density at radius 2 is 1.40 bits per heavy atom. The number of carbonyl (C=O) groups is 1. The van der Waals surface area contributed by atoms with E-state index in [0.717, 1.165) is 12.8 Å². The predicted molar refractivity (Wildman–Crippen MR) is 82.6 cm³/mol. The molecule has 4 heteroatoms. The summed E-state index contributed by atoms with van der Waals surface area (Å²) in [5, 5.41) is 8.54. The van der Waals surface area contributed by atoms with Gasteiger partial charge < -0.3 is 15.1 Å². The molecule has 0 aliphatic heterocycles. The summed E-state index contributed by atoms with van der Waals surface area (Å²) < 4.78 is 13.4. The van der Waals surface area contributed by atoms with Crippen molar-refractivity contribution in [2.24, 2.45) is 0 Å². The zero-order valence-electron chi connectivity index (χ0n) is 15.1. The van der Waals surface area contributed by atoms with E-state index in [-0.39, 0.29) is 19.1 Å². The van der Waals surface area contributed by atoms with E-state index in [4.69, 9.17) is 2.86 Å². The summed E-state index contributed by atoms with van der Waals surface area (Å²) in [6.07, 6.45) is 11.6. The topological polar surface area (TPSA) is 60.8 Å². The SMILES string of the molecule is [2H]OCCN(CCO[2H])C(=O)CCCCCCCCCCC. The quantitative estimate of drug-likeness (QED) is 0.429. The van der Waals surface area contributed by atoms with E-state index in [9.17, 15) is 4.79 Å². The molecule has 0 atom stereocenters. The van der Waals surface area contributed by atoms with Gasteiger partial charge in [0, 0.05) is 19.5 Å². The van der Waals surface area contributed by atoms with Crippen molar-refractivity contribution in [1.29, 1.82) is 2.86 Å². The van der Waals surface area contributed by atoms with Gasteiger partial charge in [0.25, 0.3) is 0 Å². The van der Waals surface area contributed by atoms with Crippen molar-refractivity contribution in [1.82, 2.24) is 4.90 Å². The Morgan fingerprint density at radius 1 is 0.900 bits per heavy atom. The summed E-state index contributed by atoms with van der Waals surface area (Å²) in [4.78, 5) is 13.7. The number of nitrogens with zero attached hydrogens (tertiary/aromatic N) is 1. The Labute approximate surface area is 127 Å². The van der Waals surface area contributed by atoms with Crippen LogP contribution in [0.25, 0.3) is 0 Å². The van der Waals surface area contributed by atoms with Gasteiger partial charge in [0.1, 0.15) is 0 Å². The first-order chi connectivity index (χ1) is 10.8. The van der Waals surface area contributed by atoms with Gasteiger partial charge in [0.15, 0.2) is 0 Å². The second-order valence-electron chi connectivity index (χ2n) is 5.37. The van der Waals surface area contributed by atoms with E-state index >= 15 is 0 Å². The molecule has 0 aliphatic carbocycles. The van der Waals surface area contributed by atoms with Crippen LogP contribution in [0.3, 0.4) is 0 Å². The minimum Gasteiger partial charge on any atom is -0.395 e. The number of carbonyl (C=O) groups excluding carboxylic acids is 1. The second kappa shape index (κ2) is 14.8. The lowest BCUT2D eigenvalue weighted by molar-refractivity contribution is -0.132. The van der Waals surface area contributed by atoms with Gasteiger partial charge in [0.05, 0.1) is 13.2 Å². The first kappa shape index (κ1) is 15.8. The van der Waals surface area contributed by atoms with E-state index in [1.165, 1.54) is 44.9 Å². The summed E-state index contributed by atoms with van der Waals surface area (Å²) in [5.41, 5.74) is 0. The Hall–Kier alpha value is -0.610. The molecule has 0 radical (unpaired) electrons. The zero-order chi connectivity index (χ0) is 16.5. The van der Waals surface area contributed by atoms with Gasteiger partial charge in [-0.1, -0.05) is 58.3 Å². The molecule has 20 heavy (non-hydrogen) atoms. The molecule has 0 aromatic carbocycles. The van der Waals surface area contributed by atoms with Crippen LogP contribution < -0.4 is 0 Å². The van der Waals surface area contributed by atoms with Crippen LogP contribution in [-0.4, -0.2) is 50.2 Å². The van der Waals surface area contributed by atoms with Crippen LogP contribution in [0.1, 0.15) is 71.1 Å². The molecule has 0 heterocycles. The minimum absolute atomic E-state index is 0.0667. The van der Waals surface area contributed by atoms with Gasteiger partial charge in [0.2, 0.25) is 8.77 Å². The van der Waals surface area contributed by atoms with Gasteiger partial charge in [-0.05, 0) is 6.42 Å². The van der Waals surface area contributed by atoms with E-state index < -0.39 is 0 Å². The third-order valence-electron chi connectivity index (χ3n) is 3.57. The lowest BCUT2D eigenvalue weighted by atomic mass is 10.1. The molecule has 0 saturated carbocycles. The van der Waals surface area contributed by atoms with Crippen molar-refractivity contribution >= 4 is 5.91 Å². The van der Waals surface area contributed by atoms with Crippen LogP contribution in [0.4, 0.5) is 0 Å². The highest BCUT2D eigenvalue weighted by Crippen LogP contribution is 2.11. The summed E-state index contributed by atoms with van der Waals surface area (Å²) in [7, 11) is 0. The van der Waals surface area contributed by atoms with Crippen molar-refractivity contribution in [2.45, 2.75) is 71.1 Å². The molecule has 0 saturated heterocycles. The number of rotatable bonds is 16. The van der Waals surface area contributed by atoms with E-state index in [1.54, 1.807) is 4.90 Å². The third-order valence-corrected chi connectivity index (χ3v) is 3.57. The Bertz CT molecular complexity index is 248. The van der Waals surface area contributed by atoms with Crippen molar-refractivity contribution in [3.8, 4) is 0 Å². The predicted octanol–water partition coefficient (Wildman–Crippen LogP) is 2.72. The van der Waals surface area contributed by atoms with Crippen LogP contribution in [0, 0.1) is 0 Å². The van der Waals surface area contributed by atoms with Crippen molar-refractivity contribution < 1.29 is 15.0 Å². The normalized spacial score (nSPS) is 12.1. The number of unbranched alkanes of at least 4 members (excludes halogenated alkanes) is 8. The Balaban J connectivity index is 3.61. The summed E-state index contributed by atoms with van der Waals surface area (Å²) in [6.45, 7) is 3.40. The summed E-state index contributed by atoms with van der Waals surface area (Å²) in [6, 6.07) is 0. The average molecular weight is 289 g/mol. The highest BCUT2D eigenvalue weighted by molar-refractivity contribution is 5.76. The number of hydrogen-bond acceptors (Lipinski definition) is 3. The number of aliphatic hydroxyl groups excluding tert-OH is 2. The van der Waals surface area contributed by atoms with E-state index in [2.05, 4.69) is 17.1 Å². The maximum absolute atomic E-state index is 12.1. The molecular weight excluding hydrogens is 254 g/mol. The van der Waals surface area contributed by atoms with Crippen LogP contribution >= 0.6 is 0 Å². The average Bonchev–Trinajstić information content (AvgIpc) is 2.53. The van der Waals surface area contributed by atoms with Crippen LogP contribution in [0.5, 0.6) is 0 Å². The van der Waals surface area contributed by atoms with Crippen LogP contribution in [-0.2, 0) is 4.79 Å². The highest BCUT2D eigenvalue weighted by atomic mass is 16.3. The zero-order valence-corrected chi connectivity index (χ0v) is 13.1. The third kappa shape index (κ3) is 11.2. The first-order valence-electron chi connectivity index (χ1n) is 9.01. The Kier molecular flexibility index (Phi) is 11.7. The molecule has 0 fully saturated rings. The second-order valence-corrected chi connectivity index (χ2v) is 5.37. The molecule has 0 spiro atoms. The number of hydrogen-bond donors (Lipinski definition) is 2. The molecule has 2 N–H and O–H groups in total. The fourth-order valence-corrected chi connectivity index (χ4v) is 2.33. The van der Waals surface area contributed by atoms with Crippen LogP contribution in [0.2, 0.25) is 0 Å². The molecule has 0 aromatic heterocycles. The van der Waals surface area contributed by atoms with Crippen molar-refractivity contribution in [2.75, 3.05) is 26.3 Å². The number of aliphatic hydroxyl groups is 2. The monoisotopic (exact) mass is 289 g/mol. The molecule has 0 rings (SSSR count). The first-order valence-corrected chi connectivity index (χ1v) is 8.20. The Morgan fingerprint density at radius 3 is 1.90 bits per heavy atom. The summed E-state index contributed by atoms with van der Waals surface area (Å²) >= 11 is 0. The maximum atomic E-state index is 12.1. The number of amides is 1. The fourth-order valence-electron chi connectivity index (χ4n) is 2.33. The fraction of sp³-hybridized carbons (Fsp3) is 0.938. The minimum atomic E-state index is 0.0667. The lowest BCUT2D eigenvalue weighted by Gasteiger charge is -2.20. The molecule has 4 nitrogen and oxygen atoms in total. The van der Waals surface area contributed by atoms with Crippen molar-refractivity contribution in [3.05, 3.63) is 0 Å². The van der Waals surface area contributed by atoms with Crippen molar-refractivity contribution in [3.63, 3.8) is 0 Å².